The fraction of sp³-hybridized carbons (Fsp3) is 0.786. The van der Waals surface area contributed by atoms with Gasteiger partial charge in [0.1, 0.15) is 11.1 Å². The van der Waals surface area contributed by atoms with Crippen molar-refractivity contribution in [2.75, 3.05) is 6.61 Å². The highest BCUT2D eigenvalue weighted by Crippen LogP contribution is 2.35. The summed E-state index contributed by atoms with van der Waals surface area (Å²) in [4.78, 5) is 5.99. The van der Waals surface area contributed by atoms with Gasteiger partial charge in [0.05, 0.1) is 5.69 Å². The molecule has 1 heterocycles. The van der Waals surface area contributed by atoms with Crippen molar-refractivity contribution in [1.29, 1.82) is 0 Å². The van der Waals surface area contributed by atoms with Crippen LogP contribution in [0.3, 0.4) is 0 Å². The lowest BCUT2D eigenvalue weighted by atomic mass is 9.91. The molecular formula is C14H26N2OS. The van der Waals surface area contributed by atoms with E-state index >= 15 is 0 Å². The topological polar surface area (TPSA) is 48.1 Å². The molecule has 0 aliphatic heterocycles. The van der Waals surface area contributed by atoms with Gasteiger partial charge in [0.2, 0.25) is 0 Å². The largest absolute Gasteiger partial charge is 0.371 e. The van der Waals surface area contributed by atoms with Crippen LogP contribution in [0.2, 0.25) is 0 Å². The fourth-order valence-corrected chi connectivity index (χ4v) is 3.32. The number of thiazole rings is 1. The highest BCUT2D eigenvalue weighted by atomic mass is 32.1. The van der Waals surface area contributed by atoms with Crippen LogP contribution in [0.15, 0.2) is 0 Å². The normalized spacial score (nSPS) is 14.2. The molecule has 1 rings (SSSR count). The van der Waals surface area contributed by atoms with Crippen LogP contribution in [0, 0.1) is 5.92 Å². The van der Waals surface area contributed by atoms with Crippen LogP contribution in [0.25, 0.3) is 0 Å². The monoisotopic (exact) mass is 270 g/mol. The van der Waals surface area contributed by atoms with Crippen molar-refractivity contribution in [1.82, 2.24) is 4.98 Å². The molecule has 4 heteroatoms. The molecule has 0 aliphatic carbocycles. The van der Waals surface area contributed by atoms with E-state index in [1.165, 1.54) is 4.88 Å². The summed E-state index contributed by atoms with van der Waals surface area (Å²) in [5.41, 5.74) is 7.00. The lowest BCUT2D eigenvalue weighted by Crippen LogP contribution is -2.16. The minimum atomic E-state index is 0.0389. The number of aromatic nitrogens is 1. The summed E-state index contributed by atoms with van der Waals surface area (Å²) in [5.74, 6) is 0.426. The summed E-state index contributed by atoms with van der Waals surface area (Å²) in [6, 6.07) is 0. The van der Waals surface area contributed by atoms with E-state index in [-0.39, 0.29) is 11.5 Å². The first-order valence-corrected chi connectivity index (χ1v) is 7.44. The second-order valence-electron chi connectivity index (χ2n) is 5.90. The van der Waals surface area contributed by atoms with E-state index in [1.54, 1.807) is 11.3 Å². The van der Waals surface area contributed by atoms with Gasteiger partial charge in [-0.05, 0) is 12.8 Å². The number of ether oxygens (including phenoxy) is 1. The molecule has 0 radical (unpaired) electrons. The van der Waals surface area contributed by atoms with E-state index < -0.39 is 0 Å². The Balaban J connectivity index is 3.14. The van der Waals surface area contributed by atoms with Gasteiger partial charge in [0.25, 0.3) is 0 Å². The molecule has 104 valence electrons. The lowest BCUT2D eigenvalue weighted by Gasteiger charge is -2.19. The van der Waals surface area contributed by atoms with E-state index in [1.807, 2.05) is 6.92 Å². The fourth-order valence-electron chi connectivity index (χ4n) is 1.94. The van der Waals surface area contributed by atoms with Gasteiger partial charge in [-0.1, -0.05) is 34.6 Å². The summed E-state index contributed by atoms with van der Waals surface area (Å²) in [5, 5.41) is 1.07. The molecule has 18 heavy (non-hydrogen) atoms. The quantitative estimate of drug-likeness (QED) is 0.888. The Morgan fingerprint density at radius 1 is 1.33 bits per heavy atom. The maximum Gasteiger partial charge on any atom is 0.122 e. The van der Waals surface area contributed by atoms with Crippen molar-refractivity contribution >= 4 is 11.3 Å². The molecule has 1 unspecified atom stereocenters. The molecule has 0 fully saturated rings. The summed E-state index contributed by atoms with van der Waals surface area (Å²) < 4.78 is 5.82. The third-order valence-electron chi connectivity index (χ3n) is 2.80. The van der Waals surface area contributed by atoms with Gasteiger partial charge in [0, 0.05) is 23.4 Å². The van der Waals surface area contributed by atoms with Gasteiger partial charge in [-0.3, -0.25) is 0 Å². The van der Waals surface area contributed by atoms with Crippen molar-refractivity contribution in [3.8, 4) is 0 Å². The maximum absolute atomic E-state index is 5.84. The highest BCUT2D eigenvalue weighted by Gasteiger charge is 2.27. The van der Waals surface area contributed by atoms with Gasteiger partial charge in [0.15, 0.2) is 0 Å². The predicted octanol–water partition coefficient (Wildman–Crippen LogP) is 3.63. The minimum Gasteiger partial charge on any atom is -0.371 e. The second-order valence-corrected chi connectivity index (χ2v) is 7.01. The summed E-state index contributed by atoms with van der Waals surface area (Å²) in [6.45, 7) is 14.2. The van der Waals surface area contributed by atoms with Crippen LogP contribution in [0.1, 0.15) is 63.2 Å². The van der Waals surface area contributed by atoms with Crippen molar-refractivity contribution in [2.24, 2.45) is 11.7 Å². The van der Waals surface area contributed by atoms with Gasteiger partial charge < -0.3 is 10.5 Å². The number of rotatable bonds is 5. The molecule has 3 nitrogen and oxygen atoms in total. The Labute approximate surface area is 115 Å². The SMILES string of the molecule is CCOC(c1nc(C(C)(C)C)c(CN)s1)C(C)C. The number of nitrogens with two attached hydrogens (primary N) is 1. The maximum atomic E-state index is 5.84. The predicted molar refractivity (Wildman–Crippen MR) is 77.9 cm³/mol. The van der Waals surface area contributed by atoms with Crippen molar-refractivity contribution in [2.45, 2.75) is 59.6 Å². The summed E-state index contributed by atoms with van der Waals surface area (Å²) in [7, 11) is 0. The Morgan fingerprint density at radius 3 is 2.28 bits per heavy atom. The molecule has 1 atom stereocenters. The van der Waals surface area contributed by atoms with E-state index in [9.17, 15) is 0 Å². The van der Waals surface area contributed by atoms with Crippen molar-refractivity contribution < 1.29 is 4.74 Å². The first kappa shape index (κ1) is 15.6. The van der Waals surface area contributed by atoms with Gasteiger partial charge in [-0.25, -0.2) is 4.98 Å². The highest BCUT2D eigenvalue weighted by molar-refractivity contribution is 7.11. The molecule has 0 amide bonds. The Kier molecular flexibility index (Phi) is 5.32. The summed E-state index contributed by atoms with van der Waals surface area (Å²) in [6.07, 6.45) is 0.0846. The van der Waals surface area contributed by atoms with E-state index in [4.69, 9.17) is 15.5 Å². The first-order chi connectivity index (χ1) is 8.31. The van der Waals surface area contributed by atoms with Crippen molar-refractivity contribution in [3.05, 3.63) is 15.6 Å². The standard InChI is InChI=1S/C14H26N2OS/c1-7-17-11(9(2)3)13-16-12(14(4,5)6)10(8-15)18-13/h9,11H,7-8,15H2,1-6H3. The average molecular weight is 270 g/mol. The molecule has 2 N–H and O–H groups in total. The number of hydrogen-bond donors (Lipinski definition) is 1. The lowest BCUT2D eigenvalue weighted by molar-refractivity contribution is 0.0291. The van der Waals surface area contributed by atoms with Crippen LogP contribution in [0.4, 0.5) is 0 Å². The molecule has 0 aromatic carbocycles. The Hall–Kier alpha value is -0.450. The van der Waals surface area contributed by atoms with Crippen molar-refractivity contribution in [3.63, 3.8) is 0 Å². The smallest absolute Gasteiger partial charge is 0.122 e. The molecule has 0 aliphatic rings. The van der Waals surface area contributed by atoms with E-state index in [2.05, 4.69) is 34.6 Å². The van der Waals surface area contributed by atoms with Crippen LogP contribution in [-0.4, -0.2) is 11.6 Å². The molecule has 0 saturated carbocycles. The average Bonchev–Trinajstić information content (AvgIpc) is 2.68. The second kappa shape index (κ2) is 6.13. The van der Waals surface area contributed by atoms with Gasteiger partial charge >= 0.3 is 0 Å². The molecule has 1 aromatic heterocycles. The molecule has 0 bridgehead atoms. The number of nitrogens with zero attached hydrogens (tertiary/aromatic N) is 1. The minimum absolute atomic E-state index is 0.0389. The molecule has 1 aromatic rings. The molecule has 0 saturated heterocycles. The third-order valence-corrected chi connectivity index (χ3v) is 3.94. The van der Waals surface area contributed by atoms with E-state index in [0.29, 0.717) is 19.1 Å². The van der Waals surface area contributed by atoms with Crippen LogP contribution < -0.4 is 5.73 Å². The summed E-state index contributed by atoms with van der Waals surface area (Å²) >= 11 is 1.70. The van der Waals surface area contributed by atoms with Gasteiger partial charge in [-0.2, -0.15) is 0 Å². The zero-order valence-electron chi connectivity index (χ0n) is 12.4. The molecular weight excluding hydrogens is 244 g/mol. The number of hydrogen-bond acceptors (Lipinski definition) is 4. The van der Waals surface area contributed by atoms with Crippen LogP contribution in [-0.2, 0) is 16.7 Å². The molecule has 0 spiro atoms. The van der Waals surface area contributed by atoms with Crippen LogP contribution >= 0.6 is 11.3 Å². The van der Waals surface area contributed by atoms with Crippen LogP contribution in [0.5, 0.6) is 0 Å². The zero-order chi connectivity index (χ0) is 13.9. The van der Waals surface area contributed by atoms with Gasteiger partial charge in [-0.15, -0.1) is 11.3 Å². The first-order valence-electron chi connectivity index (χ1n) is 6.63. The Bertz CT molecular complexity index is 380. The third kappa shape index (κ3) is 3.53. The Morgan fingerprint density at radius 2 is 1.94 bits per heavy atom. The zero-order valence-corrected chi connectivity index (χ0v) is 13.2. The van der Waals surface area contributed by atoms with E-state index in [0.717, 1.165) is 10.7 Å².